The molecule has 0 aliphatic carbocycles. The monoisotopic (exact) mass is 660 g/mol. The Kier molecular flexibility index (Phi) is 6.37. The molecular formula is C44H33BN4S. The molecule has 2 aliphatic rings. The molecule has 0 unspecified atom stereocenters. The fraction of sp³-hybridized carbons (Fsp3) is 0.0909. The molecule has 238 valence electrons. The summed E-state index contributed by atoms with van der Waals surface area (Å²) < 4.78 is 2.30. The summed E-state index contributed by atoms with van der Waals surface area (Å²) >= 11 is 1.78. The number of aromatic nitrogens is 2. The lowest BCUT2D eigenvalue weighted by molar-refractivity contribution is 0.590. The second-order valence-corrected chi connectivity index (χ2v) is 15.3. The zero-order valence-electron chi connectivity index (χ0n) is 28.1. The summed E-state index contributed by atoms with van der Waals surface area (Å²) in [7, 11) is 0. The molecule has 0 saturated carbocycles. The number of thiophene rings is 1. The predicted molar refractivity (Wildman–Crippen MR) is 213 cm³/mol. The molecule has 0 saturated heterocycles. The molecule has 4 nitrogen and oxygen atoms in total. The number of hydrogen-bond donors (Lipinski definition) is 0. The lowest BCUT2D eigenvalue weighted by Crippen LogP contribution is -2.61. The smallest absolute Gasteiger partial charge is 0.252 e. The lowest BCUT2D eigenvalue weighted by atomic mass is 9.33. The third kappa shape index (κ3) is 4.31. The number of nitrogens with zero attached hydrogens (tertiary/aromatic N) is 4. The number of anilines is 6. The third-order valence-electron chi connectivity index (χ3n) is 10.2. The van der Waals surface area contributed by atoms with Gasteiger partial charge in [0.15, 0.2) is 11.6 Å². The van der Waals surface area contributed by atoms with Crippen molar-refractivity contribution in [2.75, 3.05) is 9.80 Å². The normalized spacial score (nSPS) is 13.4. The Hall–Kier alpha value is -5.72. The Morgan fingerprint density at radius 1 is 0.580 bits per heavy atom. The van der Waals surface area contributed by atoms with Gasteiger partial charge in [0.2, 0.25) is 0 Å². The van der Waals surface area contributed by atoms with E-state index in [0.717, 1.165) is 44.2 Å². The summed E-state index contributed by atoms with van der Waals surface area (Å²) in [5.41, 5.74) is 13.0. The van der Waals surface area contributed by atoms with Gasteiger partial charge in [0.05, 0.1) is 10.2 Å². The zero-order chi connectivity index (χ0) is 33.6. The molecule has 0 spiro atoms. The van der Waals surface area contributed by atoms with Crippen molar-refractivity contribution in [2.24, 2.45) is 0 Å². The van der Waals surface area contributed by atoms with Crippen LogP contribution in [0.15, 0.2) is 146 Å². The van der Waals surface area contributed by atoms with Crippen LogP contribution in [0.5, 0.6) is 0 Å². The second-order valence-electron chi connectivity index (χ2n) is 14.2. The van der Waals surface area contributed by atoms with Crippen LogP contribution in [0.3, 0.4) is 0 Å². The van der Waals surface area contributed by atoms with Crippen molar-refractivity contribution >= 4 is 89.0 Å². The summed E-state index contributed by atoms with van der Waals surface area (Å²) in [4.78, 5) is 15.7. The quantitative estimate of drug-likeness (QED) is 0.177. The molecule has 2 aromatic heterocycles. The Labute approximate surface area is 296 Å². The van der Waals surface area contributed by atoms with Crippen LogP contribution < -0.4 is 26.2 Å². The van der Waals surface area contributed by atoms with Gasteiger partial charge in [-0.2, -0.15) is 0 Å². The van der Waals surface area contributed by atoms with Crippen molar-refractivity contribution in [3.63, 3.8) is 0 Å². The van der Waals surface area contributed by atoms with Crippen molar-refractivity contribution < 1.29 is 0 Å². The minimum atomic E-state index is -0.100. The van der Waals surface area contributed by atoms with Gasteiger partial charge < -0.3 is 4.90 Å². The SMILES string of the molecule is CC(C)(C)c1cc2c3c(c1)N(c1nc(-c4ccccc4)nc4c1sc1ccccc14)c1ccccc1B3c1ccccc1N2c1ccccc1. The van der Waals surface area contributed by atoms with E-state index in [1.807, 2.05) is 6.07 Å². The average molecular weight is 661 g/mol. The third-order valence-corrected chi connectivity index (χ3v) is 11.4. The highest BCUT2D eigenvalue weighted by Crippen LogP contribution is 2.48. The first kappa shape index (κ1) is 29.2. The molecule has 0 atom stereocenters. The Morgan fingerprint density at radius 3 is 1.86 bits per heavy atom. The highest BCUT2D eigenvalue weighted by Gasteiger charge is 2.44. The van der Waals surface area contributed by atoms with E-state index in [0.29, 0.717) is 0 Å². The van der Waals surface area contributed by atoms with Crippen molar-refractivity contribution in [1.82, 2.24) is 9.97 Å². The van der Waals surface area contributed by atoms with Crippen molar-refractivity contribution in [1.29, 1.82) is 0 Å². The number of benzene rings is 6. The Bertz CT molecular complexity index is 2610. The molecule has 2 aliphatic heterocycles. The van der Waals surface area contributed by atoms with Crippen LogP contribution >= 0.6 is 11.3 Å². The van der Waals surface area contributed by atoms with Crippen molar-refractivity contribution in [3.05, 3.63) is 151 Å². The molecule has 6 aromatic carbocycles. The van der Waals surface area contributed by atoms with Gasteiger partial charge >= 0.3 is 0 Å². The average Bonchev–Trinajstić information content (AvgIpc) is 3.53. The molecule has 0 radical (unpaired) electrons. The molecule has 8 aromatic rings. The van der Waals surface area contributed by atoms with E-state index in [1.165, 1.54) is 43.7 Å². The predicted octanol–water partition coefficient (Wildman–Crippen LogP) is 9.89. The Morgan fingerprint density at radius 2 is 1.16 bits per heavy atom. The van der Waals surface area contributed by atoms with Gasteiger partial charge in [0.25, 0.3) is 6.71 Å². The van der Waals surface area contributed by atoms with E-state index in [4.69, 9.17) is 9.97 Å². The maximum atomic E-state index is 5.51. The summed E-state index contributed by atoms with van der Waals surface area (Å²) in [5.74, 6) is 1.65. The van der Waals surface area contributed by atoms with Crippen molar-refractivity contribution in [2.45, 2.75) is 26.2 Å². The molecule has 6 heteroatoms. The Balaban J connectivity index is 1.35. The number of hydrogen-bond acceptors (Lipinski definition) is 5. The van der Waals surface area contributed by atoms with E-state index in [1.54, 1.807) is 11.3 Å². The fourth-order valence-electron chi connectivity index (χ4n) is 7.86. The maximum Gasteiger partial charge on any atom is 0.252 e. The molecule has 0 N–H and O–H groups in total. The van der Waals surface area contributed by atoms with Crippen molar-refractivity contribution in [3.8, 4) is 11.4 Å². The summed E-state index contributed by atoms with van der Waals surface area (Å²) in [6, 6.07) is 52.6. The molecule has 50 heavy (non-hydrogen) atoms. The topological polar surface area (TPSA) is 32.3 Å². The first-order chi connectivity index (χ1) is 24.5. The lowest BCUT2D eigenvalue weighted by Gasteiger charge is -2.44. The molecule has 0 amide bonds. The van der Waals surface area contributed by atoms with Crippen LogP contribution in [0.25, 0.3) is 31.7 Å². The number of para-hydroxylation sites is 3. The van der Waals surface area contributed by atoms with Gasteiger partial charge in [-0.05, 0) is 69.8 Å². The van der Waals surface area contributed by atoms with Crippen LogP contribution in [0, 0.1) is 0 Å². The van der Waals surface area contributed by atoms with E-state index in [2.05, 4.69) is 170 Å². The van der Waals surface area contributed by atoms with Gasteiger partial charge in [-0.1, -0.05) is 124 Å². The van der Waals surface area contributed by atoms with Crippen LogP contribution in [-0.2, 0) is 5.41 Å². The highest BCUT2D eigenvalue weighted by atomic mass is 32.1. The van der Waals surface area contributed by atoms with Crippen LogP contribution in [0.2, 0.25) is 0 Å². The highest BCUT2D eigenvalue weighted by molar-refractivity contribution is 7.26. The molecule has 0 bridgehead atoms. The number of rotatable bonds is 3. The van der Waals surface area contributed by atoms with Gasteiger partial charge in [0, 0.05) is 44.1 Å². The zero-order valence-corrected chi connectivity index (χ0v) is 28.9. The van der Waals surface area contributed by atoms with Crippen LogP contribution in [-0.4, -0.2) is 16.7 Å². The van der Waals surface area contributed by atoms with E-state index in [9.17, 15) is 0 Å². The molecule has 0 fully saturated rings. The minimum Gasteiger partial charge on any atom is -0.311 e. The van der Waals surface area contributed by atoms with Gasteiger partial charge in [-0.25, -0.2) is 9.97 Å². The summed E-state index contributed by atoms with van der Waals surface area (Å²) in [6.45, 7) is 7.00. The van der Waals surface area contributed by atoms with Gasteiger partial charge in [-0.3, -0.25) is 4.90 Å². The maximum absolute atomic E-state index is 5.51. The summed E-state index contributed by atoms with van der Waals surface area (Å²) in [6.07, 6.45) is 0. The first-order valence-electron chi connectivity index (χ1n) is 17.2. The summed E-state index contributed by atoms with van der Waals surface area (Å²) in [5, 5.41) is 1.16. The molecular weight excluding hydrogens is 627 g/mol. The minimum absolute atomic E-state index is 0.0611. The van der Waals surface area contributed by atoms with Gasteiger partial charge in [-0.15, -0.1) is 11.3 Å². The standard InChI is InChI=1S/C44H33BN4S/c1-44(2,3)29-26-36-39-37(27-29)49(43-41-40(31-20-10-15-25-38(31)50-41)46-42(47-43)28-16-6-4-7-17-28)35-24-14-12-22-33(35)45(39)32-21-11-13-23-34(32)48(36)30-18-8-5-9-19-30/h4-27H,1-3H3. The van der Waals surface area contributed by atoms with Gasteiger partial charge in [0.1, 0.15) is 0 Å². The molecule has 10 rings (SSSR count). The second kappa shape index (κ2) is 10.9. The number of fused-ring (bicyclic) bond motifs is 7. The first-order valence-corrected chi connectivity index (χ1v) is 18.0. The van der Waals surface area contributed by atoms with E-state index < -0.39 is 0 Å². The van der Waals surface area contributed by atoms with Crippen LogP contribution in [0.1, 0.15) is 26.3 Å². The van der Waals surface area contributed by atoms with E-state index in [-0.39, 0.29) is 12.1 Å². The largest absolute Gasteiger partial charge is 0.311 e. The van der Waals surface area contributed by atoms with Crippen LogP contribution in [0.4, 0.5) is 34.3 Å². The molecule has 4 heterocycles. The fourth-order valence-corrected chi connectivity index (χ4v) is 8.98. The van der Waals surface area contributed by atoms with E-state index >= 15 is 0 Å².